The van der Waals surface area contributed by atoms with Gasteiger partial charge in [0.15, 0.2) is 0 Å². The van der Waals surface area contributed by atoms with E-state index in [2.05, 4.69) is 21.2 Å². The van der Waals surface area contributed by atoms with Gasteiger partial charge in [-0.25, -0.2) is 0 Å². The summed E-state index contributed by atoms with van der Waals surface area (Å²) in [5.74, 6) is 1.77. The van der Waals surface area contributed by atoms with Gasteiger partial charge in [-0.15, -0.1) is 0 Å². The molecule has 0 radical (unpaired) electrons. The number of rotatable bonds is 9. The van der Waals surface area contributed by atoms with Crippen molar-refractivity contribution in [3.05, 3.63) is 60.2 Å². The number of hydrogen-bond acceptors (Lipinski definition) is 6. The Morgan fingerprint density at radius 2 is 1.84 bits per heavy atom. The summed E-state index contributed by atoms with van der Waals surface area (Å²) in [5.41, 5.74) is 1.14. The fourth-order valence-corrected chi connectivity index (χ4v) is 3.94. The maximum Gasteiger partial charge on any atom is 0.221 e. The number of benzene rings is 2. The number of nitrogens with zero attached hydrogens (tertiary/aromatic N) is 2. The highest BCUT2D eigenvalue weighted by molar-refractivity contribution is 5.76. The summed E-state index contributed by atoms with van der Waals surface area (Å²) in [6, 6.07) is 17.8. The molecule has 166 valence electrons. The molecule has 0 spiro atoms. The lowest BCUT2D eigenvalue weighted by atomic mass is 10.1. The summed E-state index contributed by atoms with van der Waals surface area (Å²) in [5, 5.41) is 13.3. The Hall–Kier alpha value is -2.61. The first-order chi connectivity index (χ1) is 15.1. The SMILES string of the molecule is O=C1CCN(Cc2cccc(OCC(O)CN3CC(Oc4ccccc4)C3)c2)CCN1. The number of hydrogen-bond donors (Lipinski definition) is 2. The Bertz CT molecular complexity index is 842. The number of likely N-dealkylation sites (tertiary alicyclic amines) is 1. The van der Waals surface area contributed by atoms with Gasteiger partial charge in [0, 0.05) is 52.2 Å². The molecule has 1 unspecified atom stereocenters. The highest BCUT2D eigenvalue weighted by Crippen LogP contribution is 2.19. The van der Waals surface area contributed by atoms with E-state index >= 15 is 0 Å². The minimum absolute atomic E-state index is 0.119. The smallest absolute Gasteiger partial charge is 0.221 e. The first-order valence-electron chi connectivity index (χ1n) is 11.0. The number of β-amino-alcohol motifs (C(OH)–C–C–N with tert-alkyl or cyclic N) is 1. The summed E-state index contributed by atoms with van der Waals surface area (Å²) in [7, 11) is 0. The zero-order chi connectivity index (χ0) is 21.5. The van der Waals surface area contributed by atoms with Crippen LogP contribution in [0.4, 0.5) is 0 Å². The quantitative estimate of drug-likeness (QED) is 0.635. The van der Waals surface area contributed by atoms with Crippen molar-refractivity contribution < 1.29 is 19.4 Å². The van der Waals surface area contributed by atoms with Crippen molar-refractivity contribution in [3.8, 4) is 11.5 Å². The van der Waals surface area contributed by atoms with Gasteiger partial charge < -0.3 is 19.9 Å². The van der Waals surface area contributed by atoms with Gasteiger partial charge in [-0.2, -0.15) is 0 Å². The molecule has 1 amide bonds. The Labute approximate surface area is 183 Å². The van der Waals surface area contributed by atoms with Crippen molar-refractivity contribution in [1.29, 1.82) is 0 Å². The highest BCUT2D eigenvalue weighted by atomic mass is 16.5. The third kappa shape index (κ3) is 6.69. The first-order valence-corrected chi connectivity index (χ1v) is 11.0. The normalized spacial score (nSPS) is 19.2. The Morgan fingerprint density at radius 1 is 1.03 bits per heavy atom. The maximum absolute atomic E-state index is 11.5. The van der Waals surface area contributed by atoms with E-state index in [0.717, 1.165) is 49.8 Å². The molecule has 4 rings (SSSR count). The van der Waals surface area contributed by atoms with Crippen molar-refractivity contribution in [2.45, 2.75) is 25.2 Å². The summed E-state index contributed by atoms with van der Waals surface area (Å²) < 4.78 is 11.7. The minimum Gasteiger partial charge on any atom is -0.491 e. The van der Waals surface area contributed by atoms with E-state index in [0.29, 0.717) is 19.5 Å². The van der Waals surface area contributed by atoms with E-state index in [1.807, 2.05) is 48.5 Å². The zero-order valence-electron chi connectivity index (χ0n) is 17.8. The lowest BCUT2D eigenvalue weighted by Crippen LogP contribution is -2.56. The summed E-state index contributed by atoms with van der Waals surface area (Å²) in [6.07, 6.45) is 0.163. The molecule has 0 bridgehead atoms. The monoisotopic (exact) mass is 425 g/mol. The number of ether oxygens (including phenoxy) is 2. The number of amides is 1. The third-order valence-electron chi connectivity index (χ3n) is 5.59. The van der Waals surface area contributed by atoms with Crippen LogP contribution in [0, 0.1) is 0 Å². The van der Waals surface area contributed by atoms with Crippen LogP contribution in [-0.2, 0) is 11.3 Å². The number of carbonyl (C=O) groups excluding carboxylic acids is 1. The van der Waals surface area contributed by atoms with Crippen LogP contribution in [0.1, 0.15) is 12.0 Å². The molecule has 2 aromatic carbocycles. The van der Waals surface area contributed by atoms with Crippen LogP contribution in [0.3, 0.4) is 0 Å². The molecular weight excluding hydrogens is 394 g/mol. The molecule has 0 aliphatic carbocycles. The Balaban J connectivity index is 1.16. The molecule has 0 saturated carbocycles. The fourth-order valence-electron chi connectivity index (χ4n) is 3.94. The van der Waals surface area contributed by atoms with Crippen LogP contribution in [-0.4, -0.2) is 78.9 Å². The highest BCUT2D eigenvalue weighted by Gasteiger charge is 2.29. The van der Waals surface area contributed by atoms with Gasteiger partial charge in [0.25, 0.3) is 0 Å². The number of para-hydroxylation sites is 1. The lowest BCUT2D eigenvalue weighted by molar-refractivity contribution is -0.120. The largest absolute Gasteiger partial charge is 0.491 e. The van der Waals surface area contributed by atoms with E-state index in [1.165, 1.54) is 0 Å². The van der Waals surface area contributed by atoms with Gasteiger partial charge in [0.1, 0.15) is 30.3 Å². The van der Waals surface area contributed by atoms with Crippen molar-refractivity contribution in [2.24, 2.45) is 0 Å². The van der Waals surface area contributed by atoms with Gasteiger partial charge in [-0.1, -0.05) is 30.3 Å². The third-order valence-corrected chi connectivity index (χ3v) is 5.59. The number of aliphatic hydroxyl groups is 1. The van der Waals surface area contributed by atoms with Gasteiger partial charge in [-0.05, 0) is 29.8 Å². The topological polar surface area (TPSA) is 74.3 Å². The van der Waals surface area contributed by atoms with E-state index in [4.69, 9.17) is 9.47 Å². The molecule has 2 heterocycles. The van der Waals surface area contributed by atoms with Crippen LogP contribution < -0.4 is 14.8 Å². The summed E-state index contributed by atoms with van der Waals surface area (Å²) in [4.78, 5) is 15.9. The van der Waals surface area contributed by atoms with Gasteiger partial charge >= 0.3 is 0 Å². The molecule has 2 aromatic rings. The predicted octanol–water partition coefficient (Wildman–Crippen LogP) is 1.51. The Morgan fingerprint density at radius 3 is 2.68 bits per heavy atom. The first kappa shape index (κ1) is 21.6. The van der Waals surface area contributed by atoms with Crippen molar-refractivity contribution in [3.63, 3.8) is 0 Å². The van der Waals surface area contributed by atoms with Crippen LogP contribution in [0.2, 0.25) is 0 Å². The van der Waals surface area contributed by atoms with Gasteiger partial charge in [0.2, 0.25) is 5.91 Å². The van der Waals surface area contributed by atoms with Crippen molar-refractivity contribution in [2.75, 3.05) is 45.9 Å². The number of carbonyl (C=O) groups is 1. The van der Waals surface area contributed by atoms with E-state index in [-0.39, 0.29) is 18.6 Å². The number of nitrogens with one attached hydrogen (secondary N) is 1. The predicted molar refractivity (Wildman–Crippen MR) is 118 cm³/mol. The van der Waals surface area contributed by atoms with Crippen molar-refractivity contribution >= 4 is 5.91 Å². The maximum atomic E-state index is 11.5. The summed E-state index contributed by atoms with van der Waals surface area (Å²) in [6.45, 7) is 5.54. The molecule has 2 aliphatic rings. The molecule has 0 aromatic heterocycles. The van der Waals surface area contributed by atoms with E-state index in [1.54, 1.807) is 0 Å². The van der Waals surface area contributed by atoms with Crippen LogP contribution in [0.5, 0.6) is 11.5 Å². The molecule has 31 heavy (non-hydrogen) atoms. The molecule has 7 heteroatoms. The zero-order valence-corrected chi connectivity index (χ0v) is 17.8. The molecule has 7 nitrogen and oxygen atoms in total. The average Bonchev–Trinajstić information content (AvgIpc) is 2.96. The van der Waals surface area contributed by atoms with Gasteiger partial charge in [-0.3, -0.25) is 14.6 Å². The van der Waals surface area contributed by atoms with Crippen molar-refractivity contribution in [1.82, 2.24) is 15.1 Å². The second-order valence-corrected chi connectivity index (χ2v) is 8.26. The van der Waals surface area contributed by atoms with E-state index < -0.39 is 6.10 Å². The van der Waals surface area contributed by atoms with E-state index in [9.17, 15) is 9.90 Å². The second-order valence-electron chi connectivity index (χ2n) is 8.26. The van der Waals surface area contributed by atoms with Crippen LogP contribution >= 0.6 is 0 Å². The van der Waals surface area contributed by atoms with Crippen LogP contribution in [0.15, 0.2) is 54.6 Å². The van der Waals surface area contributed by atoms with Gasteiger partial charge in [0.05, 0.1) is 0 Å². The van der Waals surface area contributed by atoms with Crippen LogP contribution in [0.25, 0.3) is 0 Å². The second kappa shape index (κ2) is 10.6. The number of aliphatic hydroxyl groups excluding tert-OH is 1. The molecule has 2 fully saturated rings. The average molecular weight is 426 g/mol. The lowest BCUT2D eigenvalue weighted by Gasteiger charge is -2.39. The fraction of sp³-hybridized carbons (Fsp3) is 0.458. The Kier molecular flexibility index (Phi) is 7.40. The minimum atomic E-state index is -0.552. The molecule has 2 saturated heterocycles. The summed E-state index contributed by atoms with van der Waals surface area (Å²) >= 11 is 0. The molecule has 1 atom stereocenters. The standard InChI is InChI=1S/C24H31N3O4/c28-20(15-27-16-23(17-27)31-21-6-2-1-3-7-21)18-30-22-8-4-5-19(13-22)14-26-11-9-24(29)25-10-12-26/h1-8,13,20,23,28H,9-12,14-18H2,(H,25,29). The molecular formula is C24H31N3O4. The molecule has 2 N–H and O–H groups in total. The molecule has 2 aliphatic heterocycles.